The molecule has 0 saturated heterocycles. The van der Waals surface area contributed by atoms with Crippen molar-refractivity contribution in [2.75, 3.05) is 6.61 Å². The van der Waals surface area contributed by atoms with Gasteiger partial charge in [0.1, 0.15) is 6.04 Å². The van der Waals surface area contributed by atoms with Crippen LogP contribution in [-0.4, -0.2) is 47.3 Å². The summed E-state index contributed by atoms with van der Waals surface area (Å²) in [6, 6.07) is 14.2. The molecule has 2 aromatic rings. The summed E-state index contributed by atoms with van der Waals surface area (Å²) in [7, 11) is 0. The Bertz CT molecular complexity index is 951. The molecule has 7 heteroatoms. The van der Waals surface area contributed by atoms with Crippen LogP contribution in [0.25, 0.3) is 0 Å². The molecule has 1 aliphatic rings. The first-order valence-corrected chi connectivity index (χ1v) is 10.3. The highest BCUT2D eigenvalue weighted by Crippen LogP contribution is 2.26. The summed E-state index contributed by atoms with van der Waals surface area (Å²) < 4.78 is 5.23. The van der Waals surface area contributed by atoms with Gasteiger partial charge in [-0.05, 0) is 30.5 Å². The van der Waals surface area contributed by atoms with Gasteiger partial charge in [0, 0.05) is 12.5 Å². The van der Waals surface area contributed by atoms with Crippen LogP contribution in [0.1, 0.15) is 47.1 Å². The zero-order chi connectivity index (χ0) is 22.5. The molecular weight excluding hydrogens is 396 g/mol. The normalized spacial score (nSPS) is 14.9. The van der Waals surface area contributed by atoms with Gasteiger partial charge in [-0.1, -0.05) is 56.3 Å². The van der Waals surface area contributed by atoms with E-state index in [2.05, 4.69) is 5.32 Å². The fourth-order valence-electron chi connectivity index (χ4n) is 3.30. The number of hydrogen-bond acceptors (Lipinski definition) is 5. The van der Waals surface area contributed by atoms with Crippen LogP contribution in [-0.2, 0) is 20.7 Å². The summed E-state index contributed by atoms with van der Waals surface area (Å²) in [6.07, 6.45) is 0.0924. The summed E-state index contributed by atoms with van der Waals surface area (Å²) in [5.41, 5.74) is 1.27. The number of rotatable bonds is 8. The predicted octanol–water partition coefficient (Wildman–Crippen LogP) is 2.60. The van der Waals surface area contributed by atoms with E-state index in [0.717, 1.165) is 10.5 Å². The molecular formula is C24H26N2O5. The minimum absolute atomic E-state index is 0.0810. The fourth-order valence-corrected chi connectivity index (χ4v) is 3.30. The smallest absolute Gasteiger partial charge is 0.330 e. The summed E-state index contributed by atoms with van der Waals surface area (Å²) in [5, 5.41) is 2.76. The van der Waals surface area contributed by atoms with Crippen molar-refractivity contribution in [1.82, 2.24) is 10.2 Å². The third-order valence-electron chi connectivity index (χ3n) is 5.42. The van der Waals surface area contributed by atoms with E-state index in [1.54, 1.807) is 48.5 Å². The topological polar surface area (TPSA) is 92.8 Å². The number of benzene rings is 2. The molecule has 1 aliphatic heterocycles. The molecule has 1 heterocycles. The van der Waals surface area contributed by atoms with E-state index in [9.17, 15) is 19.2 Å². The summed E-state index contributed by atoms with van der Waals surface area (Å²) in [6.45, 7) is 5.32. The minimum atomic E-state index is -1.18. The second-order valence-corrected chi connectivity index (χ2v) is 7.94. The number of hydrogen-bond donors (Lipinski definition) is 1. The van der Waals surface area contributed by atoms with E-state index in [-0.39, 0.29) is 29.5 Å². The number of ether oxygens (including phenoxy) is 1. The maximum atomic E-state index is 13.0. The van der Waals surface area contributed by atoms with Gasteiger partial charge in [0.05, 0.1) is 11.1 Å². The van der Waals surface area contributed by atoms with Gasteiger partial charge >= 0.3 is 5.97 Å². The molecule has 0 unspecified atom stereocenters. The van der Waals surface area contributed by atoms with Crippen molar-refractivity contribution in [3.8, 4) is 0 Å². The van der Waals surface area contributed by atoms with Crippen LogP contribution in [0.2, 0.25) is 0 Å². The zero-order valence-corrected chi connectivity index (χ0v) is 17.8. The van der Waals surface area contributed by atoms with E-state index in [0.29, 0.717) is 0 Å². The van der Waals surface area contributed by atoms with Crippen molar-refractivity contribution in [1.29, 1.82) is 0 Å². The third kappa shape index (κ3) is 4.99. The van der Waals surface area contributed by atoms with Crippen molar-refractivity contribution in [2.45, 2.75) is 39.3 Å². The first kappa shape index (κ1) is 22.2. The van der Waals surface area contributed by atoms with Crippen molar-refractivity contribution in [3.05, 3.63) is 71.3 Å². The Kier molecular flexibility index (Phi) is 6.84. The number of carbonyl (C=O) groups excluding carboxylic acids is 4. The summed E-state index contributed by atoms with van der Waals surface area (Å²) >= 11 is 0. The molecule has 0 spiro atoms. The summed E-state index contributed by atoms with van der Waals surface area (Å²) in [4.78, 5) is 51.9. The Hall–Kier alpha value is -3.48. The standard InChI is InChI=1S/C24H26N2O5/c1-15(2)16(3)25-21(27)14-31-24(30)20(13-17-9-5-4-6-10-17)26-22(28)18-11-7-8-12-19(18)23(26)29/h4-12,15-16,20H,13-14H2,1-3H3,(H,25,27)/t16-,20-/m0/s1. The maximum Gasteiger partial charge on any atom is 0.330 e. The molecule has 0 bridgehead atoms. The van der Waals surface area contributed by atoms with Crippen LogP contribution in [0.4, 0.5) is 0 Å². The average Bonchev–Trinajstić information content (AvgIpc) is 3.01. The molecule has 3 rings (SSSR count). The highest BCUT2D eigenvalue weighted by Gasteiger charge is 2.43. The van der Waals surface area contributed by atoms with Gasteiger partial charge in [0.25, 0.3) is 17.7 Å². The molecule has 162 valence electrons. The molecule has 7 nitrogen and oxygen atoms in total. The van der Waals surface area contributed by atoms with E-state index in [1.807, 2.05) is 26.8 Å². The number of amides is 3. The number of nitrogens with one attached hydrogen (secondary N) is 1. The lowest BCUT2D eigenvalue weighted by Gasteiger charge is -2.25. The van der Waals surface area contributed by atoms with Crippen molar-refractivity contribution in [3.63, 3.8) is 0 Å². The van der Waals surface area contributed by atoms with Crippen LogP contribution in [0.15, 0.2) is 54.6 Å². The lowest BCUT2D eigenvalue weighted by molar-refractivity contribution is -0.152. The molecule has 0 aromatic heterocycles. The predicted molar refractivity (Wildman–Crippen MR) is 114 cm³/mol. The van der Waals surface area contributed by atoms with Gasteiger partial charge in [-0.15, -0.1) is 0 Å². The molecule has 2 atom stereocenters. The summed E-state index contributed by atoms with van der Waals surface area (Å²) in [5.74, 6) is -2.10. The van der Waals surface area contributed by atoms with Crippen molar-refractivity contribution in [2.24, 2.45) is 5.92 Å². The number of nitrogens with zero attached hydrogens (tertiary/aromatic N) is 1. The molecule has 2 aromatic carbocycles. The Morgan fingerprint density at radius 2 is 1.45 bits per heavy atom. The van der Waals surface area contributed by atoms with Crippen LogP contribution in [0, 0.1) is 5.92 Å². The van der Waals surface area contributed by atoms with Gasteiger partial charge in [0.15, 0.2) is 6.61 Å². The Balaban J connectivity index is 1.79. The second kappa shape index (κ2) is 9.55. The molecule has 0 saturated carbocycles. The van der Waals surface area contributed by atoms with Crippen LogP contribution in [0.5, 0.6) is 0 Å². The fraction of sp³-hybridized carbons (Fsp3) is 0.333. The second-order valence-electron chi connectivity index (χ2n) is 7.94. The Morgan fingerprint density at radius 1 is 0.903 bits per heavy atom. The number of carbonyl (C=O) groups is 4. The van der Waals surface area contributed by atoms with E-state index in [1.165, 1.54) is 0 Å². The molecule has 0 fully saturated rings. The van der Waals surface area contributed by atoms with Crippen LogP contribution in [0.3, 0.4) is 0 Å². The zero-order valence-electron chi connectivity index (χ0n) is 17.8. The number of imide groups is 1. The van der Waals surface area contributed by atoms with Gasteiger partial charge < -0.3 is 10.1 Å². The highest BCUT2D eigenvalue weighted by molar-refractivity contribution is 6.22. The van der Waals surface area contributed by atoms with Crippen LogP contribution < -0.4 is 5.32 Å². The van der Waals surface area contributed by atoms with E-state index < -0.39 is 36.3 Å². The van der Waals surface area contributed by atoms with Gasteiger partial charge in [-0.2, -0.15) is 0 Å². The Morgan fingerprint density at radius 3 is 2.00 bits per heavy atom. The molecule has 31 heavy (non-hydrogen) atoms. The molecule has 1 N–H and O–H groups in total. The lowest BCUT2D eigenvalue weighted by Crippen LogP contribution is -2.48. The molecule has 0 aliphatic carbocycles. The highest BCUT2D eigenvalue weighted by atomic mass is 16.5. The monoisotopic (exact) mass is 422 g/mol. The van der Waals surface area contributed by atoms with Gasteiger partial charge in [-0.3, -0.25) is 19.3 Å². The lowest BCUT2D eigenvalue weighted by atomic mass is 10.0. The molecule has 3 amide bonds. The van der Waals surface area contributed by atoms with Crippen LogP contribution >= 0.6 is 0 Å². The first-order chi connectivity index (χ1) is 14.8. The van der Waals surface area contributed by atoms with Gasteiger partial charge in [-0.25, -0.2) is 4.79 Å². The number of esters is 1. The average molecular weight is 422 g/mol. The van der Waals surface area contributed by atoms with Crippen molar-refractivity contribution >= 4 is 23.7 Å². The number of fused-ring (bicyclic) bond motifs is 1. The largest absolute Gasteiger partial charge is 0.454 e. The first-order valence-electron chi connectivity index (χ1n) is 10.3. The van der Waals surface area contributed by atoms with Crippen molar-refractivity contribution < 1.29 is 23.9 Å². The molecule has 0 radical (unpaired) electrons. The SMILES string of the molecule is CC(C)[C@H](C)NC(=O)COC(=O)[C@H](Cc1ccccc1)N1C(=O)c2ccccc2C1=O. The van der Waals surface area contributed by atoms with Gasteiger partial charge in [0.2, 0.25) is 0 Å². The minimum Gasteiger partial charge on any atom is -0.454 e. The maximum absolute atomic E-state index is 13.0. The van der Waals surface area contributed by atoms with E-state index in [4.69, 9.17) is 4.74 Å². The quantitative estimate of drug-likeness (QED) is 0.521. The third-order valence-corrected chi connectivity index (χ3v) is 5.42. The van der Waals surface area contributed by atoms with E-state index >= 15 is 0 Å². The Labute approximate surface area is 181 Å².